The number of nitrogens with two attached hydrogens (primary N) is 7. The molecule has 19 heteroatoms. The van der Waals surface area contributed by atoms with Crippen LogP contribution in [0.25, 0.3) is 0 Å². The van der Waals surface area contributed by atoms with Crippen LogP contribution in [0.2, 0.25) is 0 Å². The second kappa shape index (κ2) is 20.6. The predicted molar refractivity (Wildman–Crippen MR) is 173 cm³/mol. The average Bonchev–Trinajstić information content (AvgIpc) is 2.98. The van der Waals surface area contributed by atoms with Crippen LogP contribution in [0.4, 0.5) is 0 Å². The zero-order valence-corrected chi connectivity index (χ0v) is 25.6. The second-order valence-corrected chi connectivity index (χ2v) is 10.3. The highest BCUT2D eigenvalue weighted by molar-refractivity contribution is 5.94. The number of phenolic OH excluding ortho intramolecular Hbond substituents is 1. The van der Waals surface area contributed by atoms with Gasteiger partial charge in [0.05, 0.1) is 6.04 Å². The molecule has 0 aliphatic carbocycles. The summed E-state index contributed by atoms with van der Waals surface area (Å²) in [4.78, 5) is 63.2. The molecule has 0 radical (unpaired) electrons. The van der Waals surface area contributed by atoms with Crippen LogP contribution in [0.3, 0.4) is 0 Å². The Hall–Kier alpha value is -5.33. The third kappa shape index (κ3) is 16.5. The number of hydrogen-bond acceptors (Lipinski definition) is 9. The minimum atomic E-state index is -1.30. The van der Waals surface area contributed by atoms with E-state index in [-0.39, 0.29) is 81.8 Å². The molecule has 1 aromatic carbocycles. The Bertz CT molecular complexity index is 1230. The zero-order chi connectivity index (χ0) is 34.6. The lowest BCUT2D eigenvalue weighted by molar-refractivity contribution is -0.142. The van der Waals surface area contributed by atoms with E-state index >= 15 is 0 Å². The van der Waals surface area contributed by atoms with E-state index in [1.807, 2.05) is 0 Å². The molecule has 0 bridgehead atoms. The number of nitrogens with one attached hydrogen (secondary N) is 3. The molecule has 1 rings (SSSR count). The first-order valence-electron chi connectivity index (χ1n) is 14.5. The molecule has 46 heavy (non-hydrogen) atoms. The maximum absolute atomic E-state index is 13.6. The van der Waals surface area contributed by atoms with Crippen LogP contribution >= 0.6 is 0 Å². The fourth-order valence-electron chi connectivity index (χ4n) is 4.08. The summed E-state index contributed by atoms with van der Waals surface area (Å²) < 4.78 is 0. The largest absolute Gasteiger partial charge is 0.508 e. The summed E-state index contributed by atoms with van der Waals surface area (Å²) in [5.74, 6) is -3.86. The molecule has 0 aliphatic rings. The lowest BCUT2D eigenvalue weighted by atomic mass is 10.0. The number of aliphatic carboxylic acids is 1. The Morgan fingerprint density at radius 3 is 1.52 bits per heavy atom. The smallest absolute Gasteiger partial charge is 0.326 e. The zero-order valence-electron chi connectivity index (χ0n) is 25.6. The van der Waals surface area contributed by atoms with Crippen LogP contribution in [-0.2, 0) is 25.6 Å². The van der Waals surface area contributed by atoms with Gasteiger partial charge in [-0.05, 0) is 56.2 Å². The van der Waals surface area contributed by atoms with Crippen molar-refractivity contribution in [1.82, 2.24) is 16.0 Å². The number of aliphatic imine (C=N–C) groups is 3. The van der Waals surface area contributed by atoms with Crippen molar-refractivity contribution in [3.05, 3.63) is 29.8 Å². The number of carbonyl (C=O) groups excluding carboxylic acids is 3. The predicted octanol–water partition coefficient (Wildman–Crippen LogP) is -4.04. The molecule has 0 aromatic heterocycles. The van der Waals surface area contributed by atoms with E-state index in [0.717, 1.165) is 0 Å². The number of phenols is 1. The van der Waals surface area contributed by atoms with Gasteiger partial charge in [0.15, 0.2) is 17.9 Å². The number of benzene rings is 1. The maximum Gasteiger partial charge on any atom is 0.326 e. The first kappa shape index (κ1) is 38.7. The Kier molecular flexibility index (Phi) is 17.3. The number of nitrogens with zero attached hydrogens (tertiary/aromatic N) is 3. The van der Waals surface area contributed by atoms with Gasteiger partial charge in [0.2, 0.25) is 17.7 Å². The highest BCUT2D eigenvalue weighted by atomic mass is 16.4. The molecule has 0 saturated heterocycles. The molecule has 4 unspecified atom stereocenters. The molecule has 0 heterocycles. The van der Waals surface area contributed by atoms with Gasteiger partial charge in [-0.25, -0.2) is 4.79 Å². The molecule has 3 amide bonds. The van der Waals surface area contributed by atoms with E-state index in [9.17, 15) is 29.4 Å². The van der Waals surface area contributed by atoms with Crippen molar-refractivity contribution in [1.29, 1.82) is 0 Å². The molecule has 0 spiro atoms. The monoisotopic (exact) mass is 649 g/mol. The summed E-state index contributed by atoms with van der Waals surface area (Å²) >= 11 is 0. The van der Waals surface area contributed by atoms with Gasteiger partial charge in [-0.3, -0.25) is 29.4 Å². The minimum Gasteiger partial charge on any atom is -0.508 e. The normalized spacial score (nSPS) is 13.2. The van der Waals surface area contributed by atoms with Crippen molar-refractivity contribution in [3.63, 3.8) is 0 Å². The number of guanidine groups is 3. The lowest BCUT2D eigenvalue weighted by Crippen LogP contribution is -2.57. The quantitative estimate of drug-likeness (QED) is 0.0343. The van der Waals surface area contributed by atoms with Crippen LogP contribution in [-0.4, -0.2) is 95.6 Å². The molecular weight excluding hydrogens is 602 g/mol. The minimum absolute atomic E-state index is 0.000350. The summed E-state index contributed by atoms with van der Waals surface area (Å²) in [6.07, 6.45) is 1.12. The molecule has 4 atom stereocenters. The number of carboxylic acids is 1. The summed E-state index contributed by atoms with van der Waals surface area (Å²) in [7, 11) is 0. The topological polar surface area (TPSA) is 364 Å². The van der Waals surface area contributed by atoms with Gasteiger partial charge in [-0.2, -0.15) is 0 Å². The first-order chi connectivity index (χ1) is 21.7. The van der Waals surface area contributed by atoms with Gasteiger partial charge >= 0.3 is 5.97 Å². The van der Waals surface area contributed by atoms with Gasteiger partial charge < -0.3 is 66.3 Å². The lowest BCUT2D eigenvalue weighted by Gasteiger charge is -2.25. The highest BCUT2D eigenvalue weighted by Gasteiger charge is 2.30. The number of hydrogen-bond donors (Lipinski definition) is 12. The van der Waals surface area contributed by atoms with E-state index in [4.69, 9.17) is 40.1 Å². The van der Waals surface area contributed by atoms with Gasteiger partial charge in [-0.1, -0.05) is 12.1 Å². The van der Waals surface area contributed by atoms with Crippen molar-refractivity contribution in [2.24, 2.45) is 55.1 Å². The van der Waals surface area contributed by atoms with Gasteiger partial charge in [0.1, 0.15) is 23.9 Å². The standard InChI is InChI=1S/C27H47N13O6/c28-17(4-1-11-35-25(29)30)21(42)40-20(14-15-7-9-16(41)10-8-15)23(44)38-18(5-2-12-36-26(31)32)22(43)39-19(24(45)46)6-3-13-37-27(33)34/h7-10,17-20,41H,1-6,11-14,28H2,(H,38,44)(H,39,43)(H,40,42)(H,45,46)(H4,29,30,35)(H4,31,32,36)(H4,33,34,37). The van der Waals surface area contributed by atoms with Crippen LogP contribution in [0.5, 0.6) is 5.75 Å². The summed E-state index contributed by atoms with van der Waals surface area (Å²) in [6, 6.07) is 1.23. The van der Waals surface area contributed by atoms with Crippen molar-refractivity contribution < 1.29 is 29.4 Å². The SMILES string of the molecule is NC(N)=NCCCC(N)C(=O)NC(Cc1ccc(O)cc1)C(=O)NC(CCCN=C(N)N)C(=O)NC(CCCN=C(N)N)C(=O)O. The van der Waals surface area contributed by atoms with Crippen molar-refractivity contribution in [3.8, 4) is 5.75 Å². The maximum atomic E-state index is 13.6. The fourth-order valence-corrected chi connectivity index (χ4v) is 4.08. The molecule has 0 aliphatic heterocycles. The third-order valence-corrected chi connectivity index (χ3v) is 6.45. The van der Waals surface area contributed by atoms with Crippen LogP contribution in [0, 0.1) is 0 Å². The van der Waals surface area contributed by atoms with Gasteiger partial charge in [-0.15, -0.1) is 0 Å². The van der Waals surface area contributed by atoms with Crippen LogP contribution < -0.4 is 56.1 Å². The van der Waals surface area contributed by atoms with E-state index in [1.54, 1.807) is 12.1 Å². The first-order valence-corrected chi connectivity index (χ1v) is 14.5. The van der Waals surface area contributed by atoms with E-state index in [2.05, 4.69) is 30.9 Å². The molecule has 0 fully saturated rings. The Morgan fingerprint density at radius 1 is 0.630 bits per heavy atom. The molecular formula is C27H47N13O6. The summed E-state index contributed by atoms with van der Waals surface area (Å²) in [5, 5.41) is 27.0. The number of aromatic hydroxyl groups is 1. The van der Waals surface area contributed by atoms with Gasteiger partial charge in [0, 0.05) is 26.1 Å². The molecule has 256 valence electrons. The molecule has 0 saturated carbocycles. The number of amides is 3. The summed E-state index contributed by atoms with van der Waals surface area (Å²) in [6.45, 7) is 0.532. The molecule has 19 nitrogen and oxygen atoms in total. The Balaban J connectivity index is 3.16. The van der Waals surface area contributed by atoms with Crippen molar-refractivity contribution in [2.75, 3.05) is 19.6 Å². The van der Waals surface area contributed by atoms with Crippen molar-refractivity contribution in [2.45, 2.75) is 69.1 Å². The second-order valence-electron chi connectivity index (χ2n) is 10.3. The highest BCUT2D eigenvalue weighted by Crippen LogP contribution is 2.12. The number of rotatable bonds is 21. The Labute approximate surface area is 266 Å². The van der Waals surface area contributed by atoms with Crippen LogP contribution in [0.15, 0.2) is 39.2 Å². The van der Waals surface area contributed by atoms with Crippen molar-refractivity contribution >= 4 is 41.6 Å². The Morgan fingerprint density at radius 2 is 1.04 bits per heavy atom. The summed E-state index contributed by atoms with van der Waals surface area (Å²) in [5.41, 5.74) is 38.6. The van der Waals surface area contributed by atoms with E-state index in [1.165, 1.54) is 12.1 Å². The van der Waals surface area contributed by atoms with E-state index < -0.39 is 47.9 Å². The molecule has 1 aromatic rings. The van der Waals surface area contributed by atoms with Crippen LogP contribution in [0.1, 0.15) is 44.1 Å². The number of carboxylic acid groups (broad SMARTS) is 1. The van der Waals surface area contributed by atoms with Gasteiger partial charge in [0.25, 0.3) is 0 Å². The average molecular weight is 650 g/mol. The number of carbonyl (C=O) groups is 4. The molecule has 19 N–H and O–H groups in total. The fraction of sp³-hybridized carbons (Fsp3) is 0.519. The van der Waals surface area contributed by atoms with E-state index in [0.29, 0.717) is 12.0 Å². The third-order valence-electron chi connectivity index (χ3n) is 6.45.